The number of esters is 1. The monoisotopic (exact) mass is 371 g/mol. The second kappa shape index (κ2) is 10.1. The van der Waals surface area contributed by atoms with Gasteiger partial charge in [0, 0.05) is 19.7 Å². The minimum atomic E-state index is -0.637. The Hall–Kier alpha value is -3.15. The predicted molar refractivity (Wildman–Crippen MR) is 100 cm³/mol. The fraction of sp³-hybridized carbons (Fsp3) is 0.238. The Kier molecular flexibility index (Phi) is 7.55. The molecule has 0 fully saturated rings. The molecule has 2 rings (SSSR count). The van der Waals surface area contributed by atoms with Crippen LogP contribution in [0.1, 0.15) is 18.1 Å². The summed E-state index contributed by atoms with van der Waals surface area (Å²) in [6, 6.07) is 13.1. The van der Waals surface area contributed by atoms with Crippen LogP contribution in [-0.2, 0) is 20.9 Å². The van der Waals surface area contributed by atoms with Crippen molar-refractivity contribution in [2.24, 2.45) is 0 Å². The van der Waals surface area contributed by atoms with Crippen molar-refractivity contribution in [3.8, 4) is 5.75 Å². The summed E-state index contributed by atoms with van der Waals surface area (Å²) in [7, 11) is 1.64. The van der Waals surface area contributed by atoms with Crippen molar-refractivity contribution in [3.05, 3.63) is 71.6 Å². The lowest BCUT2D eigenvalue weighted by Crippen LogP contribution is -2.30. The van der Waals surface area contributed by atoms with Crippen molar-refractivity contribution < 1.29 is 23.5 Å². The molecule has 0 bridgehead atoms. The summed E-state index contributed by atoms with van der Waals surface area (Å²) in [5.74, 6) is -0.525. The lowest BCUT2D eigenvalue weighted by molar-refractivity contribution is -0.147. The van der Waals surface area contributed by atoms with Gasteiger partial charge in [0.1, 0.15) is 11.6 Å². The van der Waals surface area contributed by atoms with Crippen LogP contribution in [0.25, 0.3) is 6.08 Å². The van der Waals surface area contributed by atoms with Crippen molar-refractivity contribution in [1.29, 1.82) is 0 Å². The molecule has 5 nitrogen and oxygen atoms in total. The zero-order chi connectivity index (χ0) is 19.6. The van der Waals surface area contributed by atoms with E-state index < -0.39 is 5.97 Å². The number of nitrogens with zero attached hydrogens (tertiary/aromatic N) is 1. The number of halogens is 1. The molecule has 6 heteroatoms. The molecule has 0 aromatic heterocycles. The standard InChI is InChI=1S/C21H22FNO4/c1-3-26-19-11-6-17(7-12-19)14-23(2)20(24)15-27-21(25)13-8-16-4-9-18(22)10-5-16/h4-13H,3,14-15H2,1-2H3/b13-8+. The van der Waals surface area contributed by atoms with Gasteiger partial charge in [-0.15, -0.1) is 0 Å². The molecular formula is C21H22FNO4. The van der Waals surface area contributed by atoms with Crippen molar-refractivity contribution in [3.63, 3.8) is 0 Å². The molecule has 0 aliphatic carbocycles. The zero-order valence-corrected chi connectivity index (χ0v) is 15.4. The predicted octanol–water partition coefficient (Wildman–Crippen LogP) is 3.44. The van der Waals surface area contributed by atoms with Crippen LogP contribution >= 0.6 is 0 Å². The highest BCUT2D eigenvalue weighted by atomic mass is 19.1. The third-order valence-electron chi connectivity index (χ3n) is 3.70. The summed E-state index contributed by atoms with van der Waals surface area (Å²) in [6.45, 7) is 2.56. The summed E-state index contributed by atoms with van der Waals surface area (Å²) in [5, 5.41) is 0. The largest absolute Gasteiger partial charge is 0.494 e. The maximum absolute atomic E-state index is 12.8. The molecular weight excluding hydrogens is 349 g/mol. The van der Waals surface area contributed by atoms with Gasteiger partial charge in [0.25, 0.3) is 5.91 Å². The van der Waals surface area contributed by atoms with Gasteiger partial charge >= 0.3 is 5.97 Å². The molecule has 0 saturated heterocycles. The van der Waals surface area contributed by atoms with Crippen molar-refractivity contribution in [2.45, 2.75) is 13.5 Å². The van der Waals surface area contributed by atoms with Crippen LogP contribution in [-0.4, -0.2) is 37.0 Å². The minimum absolute atomic E-state index is 0.313. The van der Waals surface area contributed by atoms with Crippen LogP contribution in [0.5, 0.6) is 5.75 Å². The quantitative estimate of drug-likeness (QED) is 0.527. The maximum Gasteiger partial charge on any atom is 0.331 e. The lowest BCUT2D eigenvalue weighted by Gasteiger charge is -2.17. The second-order valence-corrected chi connectivity index (χ2v) is 5.82. The Labute approximate surface area is 158 Å². The number of rotatable bonds is 8. The normalized spacial score (nSPS) is 10.6. The van der Waals surface area contributed by atoms with E-state index in [2.05, 4.69) is 0 Å². The summed E-state index contributed by atoms with van der Waals surface area (Å²) >= 11 is 0. The first-order valence-corrected chi connectivity index (χ1v) is 8.54. The van der Waals surface area contributed by atoms with E-state index in [-0.39, 0.29) is 18.3 Å². The van der Waals surface area contributed by atoms with Crippen molar-refractivity contribution >= 4 is 18.0 Å². The van der Waals surface area contributed by atoms with Gasteiger partial charge in [-0.3, -0.25) is 4.79 Å². The van der Waals surface area contributed by atoms with Gasteiger partial charge in [0.05, 0.1) is 6.61 Å². The Bertz CT molecular complexity index is 785. The first-order chi connectivity index (χ1) is 13.0. The third kappa shape index (κ3) is 6.93. The van der Waals surface area contributed by atoms with Gasteiger partial charge < -0.3 is 14.4 Å². The molecule has 0 atom stereocenters. The van der Waals surface area contributed by atoms with E-state index in [1.807, 2.05) is 31.2 Å². The summed E-state index contributed by atoms with van der Waals surface area (Å²) in [5.41, 5.74) is 1.60. The SMILES string of the molecule is CCOc1ccc(CN(C)C(=O)COC(=O)/C=C/c2ccc(F)cc2)cc1. The van der Waals surface area contributed by atoms with Crippen LogP contribution in [0.3, 0.4) is 0 Å². The number of ether oxygens (including phenoxy) is 2. The minimum Gasteiger partial charge on any atom is -0.494 e. The smallest absolute Gasteiger partial charge is 0.331 e. The van der Waals surface area contributed by atoms with Crippen LogP contribution < -0.4 is 4.74 Å². The molecule has 2 aromatic carbocycles. The first kappa shape index (κ1) is 20.2. The number of benzene rings is 2. The van der Waals surface area contributed by atoms with Gasteiger partial charge in [-0.25, -0.2) is 9.18 Å². The zero-order valence-electron chi connectivity index (χ0n) is 15.4. The highest BCUT2D eigenvalue weighted by Crippen LogP contribution is 2.13. The summed E-state index contributed by atoms with van der Waals surface area (Å²) in [4.78, 5) is 25.3. The van der Waals surface area contributed by atoms with E-state index in [9.17, 15) is 14.0 Å². The van der Waals surface area contributed by atoms with Crippen LogP contribution in [0.4, 0.5) is 4.39 Å². The van der Waals surface area contributed by atoms with Crippen LogP contribution in [0.2, 0.25) is 0 Å². The Morgan fingerprint density at radius 1 is 1.07 bits per heavy atom. The molecule has 1 amide bonds. The number of carbonyl (C=O) groups is 2. The average molecular weight is 371 g/mol. The third-order valence-corrected chi connectivity index (χ3v) is 3.70. The number of hydrogen-bond donors (Lipinski definition) is 0. The Balaban J connectivity index is 1.78. The van der Waals surface area contributed by atoms with Crippen molar-refractivity contribution in [2.75, 3.05) is 20.3 Å². The molecule has 0 aliphatic rings. The fourth-order valence-electron chi connectivity index (χ4n) is 2.25. The topological polar surface area (TPSA) is 55.8 Å². The van der Waals surface area contributed by atoms with Gasteiger partial charge in [-0.05, 0) is 48.4 Å². The van der Waals surface area contributed by atoms with Gasteiger partial charge in [-0.1, -0.05) is 24.3 Å². The van der Waals surface area contributed by atoms with E-state index in [0.29, 0.717) is 18.7 Å². The molecule has 0 unspecified atom stereocenters. The Morgan fingerprint density at radius 2 is 1.74 bits per heavy atom. The Morgan fingerprint density at radius 3 is 2.37 bits per heavy atom. The van der Waals surface area contributed by atoms with E-state index in [1.165, 1.54) is 41.3 Å². The van der Waals surface area contributed by atoms with E-state index in [4.69, 9.17) is 9.47 Å². The number of hydrogen-bond acceptors (Lipinski definition) is 4. The molecule has 27 heavy (non-hydrogen) atoms. The molecule has 0 aliphatic heterocycles. The molecule has 0 heterocycles. The maximum atomic E-state index is 12.8. The lowest BCUT2D eigenvalue weighted by atomic mass is 10.2. The molecule has 2 aromatic rings. The molecule has 0 spiro atoms. The highest BCUT2D eigenvalue weighted by molar-refractivity contribution is 5.89. The number of amides is 1. The summed E-state index contributed by atoms with van der Waals surface area (Å²) in [6.07, 6.45) is 2.70. The van der Waals surface area contributed by atoms with Gasteiger partial charge in [0.2, 0.25) is 0 Å². The van der Waals surface area contributed by atoms with Crippen molar-refractivity contribution in [1.82, 2.24) is 4.90 Å². The summed E-state index contributed by atoms with van der Waals surface area (Å²) < 4.78 is 23.1. The molecule has 142 valence electrons. The van der Waals surface area contributed by atoms with Gasteiger partial charge in [0.15, 0.2) is 6.61 Å². The van der Waals surface area contributed by atoms with E-state index in [0.717, 1.165) is 11.3 Å². The van der Waals surface area contributed by atoms with Crippen LogP contribution in [0.15, 0.2) is 54.6 Å². The first-order valence-electron chi connectivity index (χ1n) is 8.54. The molecule has 0 radical (unpaired) electrons. The number of likely N-dealkylation sites (N-methyl/N-ethyl adjacent to an activating group) is 1. The average Bonchev–Trinajstić information content (AvgIpc) is 2.67. The molecule has 0 saturated carbocycles. The van der Waals surface area contributed by atoms with E-state index >= 15 is 0 Å². The van der Waals surface area contributed by atoms with E-state index in [1.54, 1.807) is 7.05 Å². The fourth-order valence-corrected chi connectivity index (χ4v) is 2.25. The number of carbonyl (C=O) groups excluding carboxylic acids is 2. The van der Waals surface area contributed by atoms with Crippen LogP contribution in [0, 0.1) is 5.82 Å². The van der Waals surface area contributed by atoms with Gasteiger partial charge in [-0.2, -0.15) is 0 Å². The second-order valence-electron chi connectivity index (χ2n) is 5.82. The highest BCUT2D eigenvalue weighted by Gasteiger charge is 2.11. The molecule has 0 N–H and O–H groups in total.